The van der Waals surface area contributed by atoms with Crippen LogP contribution in [0.4, 0.5) is 0 Å². The Morgan fingerprint density at radius 2 is 1.87 bits per heavy atom. The van der Waals surface area contributed by atoms with Gasteiger partial charge in [-0.25, -0.2) is 0 Å². The highest BCUT2D eigenvalue weighted by Gasteiger charge is 2.35. The Labute approximate surface area is 181 Å². The molecule has 1 atom stereocenters. The third-order valence-corrected chi connectivity index (χ3v) is 5.28. The number of benzene rings is 2. The van der Waals surface area contributed by atoms with Crippen molar-refractivity contribution in [3.05, 3.63) is 70.3 Å². The fourth-order valence-corrected chi connectivity index (χ4v) is 3.38. The number of phenolic OH excluding ortho intramolecular Hbond substituents is 2. The van der Waals surface area contributed by atoms with E-state index < -0.39 is 17.5 Å². The summed E-state index contributed by atoms with van der Waals surface area (Å²) in [5, 5.41) is 41.0. The van der Waals surface area contributed by atoms with Crippen molar-refractivity contribution >= 4 is 11.5 Å². The van der Waals surface area contributed by atoms with Gasteiger partial charge < -0.3 is 25.2 Å². The fourth-order valence-electron chi connectivity index (χ4n) is 3.38. The van der Waals surface area contributed by atoms with Crippen molar-refractivity contribution < 1.29 is 30.0 Å². The number of aliphatic hydroxyl groups is 2. The molecule has 1 aliphatic heterocycles. The Hall–Kier alpha value is -3.25. The van der Waals surface area contributed by atoms with Gasteiger partial charge in [0.15, 0.2) is 5.78 Å². The molecule has 1 unspecified atom stereocenters. The van der Waals surface area contributed by atoms with Gasteiger partial charge >= 0.3 is 0 Å². The lowest BCUT2D eigenvalue weighted by atomic mass is 9.95. The molecular formula is C25H28O6. The highest BCUT2D eigenvalue weighted by atomic mass is 16.5. The Morgan fingerprint density at radius 3 is 2.52 bits per heavy atom. The Kier molecular flexibility index (Phi) is 6.13. The van der Waals surface area contributed by atoms with Gasteiger partial charge in [0.2, 0.25) is 0 Å². The highest BCUT2D eigenvalue weighted by molar-refractivity contribution is 6.09. The molecule has 0 bridgehead atoms. The van der Waals surface area contributed by atoms with Crippen LogP contribution in [0.3, 0.4) is 0 Å². The molecule has 6 nitrogen and oxygen atoms in total. The smallest absolute Gasteiger partial charge is 0.193 e. The van der Waals surface area contributed by atoms with E-state index in [0.29, 0.717) is 35.3 Å². The number of ketones is 1. The molecule has 0 spiro atoms. The van der Waals surface area contributed by atoms with Crippen LogP contribution >= 0.6 is 0 Å². The molecule has 4 N–H and O–H groups in total. The normalized spacial score (nSPS) is 15.9. The number of hydrogen-bond donors (Lipinski definition) is 4. The van der Waals surface area contributed by atoms with Gasteiger partial charge in [-0.1, -0.05) is 11.6 Å². The number of aliphatic hydroxyl groups excluding tert-OH is 1. The number of phenols is 2. The van der Waals surface area contributed by atoms with Crippen molar-refractivity contribution in [3.8, 4) is 17.2 Å². The maximum Gasteiger partial charge on any atom is 0.193 e. The Morgan fingerprint density at radius 1 is 1.16 bits per heavy atom. The molecule has 6 heteroatoms. The SMILES string of the molecule is CC(C)=CCc1cc(/C(O)=C/C(=O)c2cc3c(cc2O)OC(C(C)(C)O)C3)ccc1O. The quantitative estimate of drug-likeness (QED) is 0.236. The predicted molar refractivity (Wildman–Crippen MR) is 119 cm³/mol. The molecule has 1 heterocycles. The summed E-state index contributed by atoms with van der Waals surface area (Å²) in [6, 6.07) is 7.50. The van der Waals surface area contributed by atoms with Crippen molar-refractivity contribution in [1.82, 2.24) is 0 Å². The molecule has 0 saturated heterocycles. The number of hydrogen-bond acceptors (Lipinski definition) is 6. The molecule has 0 radical (unpaired) electrons. The lowest BCUT2D eigenvalue weighted by molar-refractivity contribution is -0.0230. The Bertz CT molecular complexity index is 1070. The van der Waals surface area contributed by atoms with Crippen LogP contribution in [0, 0.1) is 0 Å². The number of rotatable bonds is 6. The third kappa shape index (κ3) is 5.09. The minimum absolute atomic E-state index is 0.0360. The first-order valence-corrected chi connectivity index (χ1v) is 10.1. The monoisotopic (exact) mass is 424 g/mol. The van der Waals surface area contributed by atoms with Gasteiger partial charge in [0.05, 0.1) is 11.2 Å². The van der Waals surface area contributed by atoms with Gasteiger partial charge in [-0.15, -0.1) is 0 Å². The van der Waals surface area contributed by atoms with E-state index in [-0.39, 0.29) is 22.8 Å². The second-order valence-electron chi connectivity index (χ2n) is 8.66. The lowest BCUT2D eigenvalue weighted by Gasteiger charge is -2.24. The van der Waals surface area contributed by atoms with Crippen LogP contribution in [0.1, 0.15) is 54.7 Å². The zero-order valence-electron chi connectivity index (χ0n) is 18.1. The fraction of sp³-hybridized carbons (Fsp3) is 0.320. The molecule has 0 fully saturated rings. The number of aromatic hydroxyl groups is 2. The first-order valence-electron chi connectivity index (χ1n) is 10.1. The van der Waals surface area contributed by atoms with Crippen LogP contribution in [-0.2, 0) is 12.8 Å². The first kappa shape index (κ1) is 22.4. The van der Waals surface area contributed by atoms with Crippen LogP contribution < -0.4 is 4.74 Å². The van der Waals surface area contributed by atoms with Gasteiger partial charge in [0, 0.05) is 24.1 Å². The highest BCUT2D eigenvalue weighted by Crippen LogP contribution is 2.38. The number of fused-ring (bicyclic) bond motifs is 1. The standard InChI is InChI=1S/C25H28O6/c1-14(2)5-6-15-9-16(7-8-19(15)26)20(27)12-21(28)18-10-17-11-24(25(3,4)30)31-23(17)13-22(18)29/h5,7-10,12-13,24,26-27,29-30H,6,11H2,1-4H3/b20-12-. The zero-order chi connectivity index (χ0) is 22.9. The van der Waals surface area contributed by atoms with E-state index >= 15 is 0 Å². The van der Waals surface area contributed by atoms with Gasteiger partial charge in [-0.05, 0) is 69.5 Å². The summed E-state index contributed by atoms with van der Waals surface area (Å²) in [5.74, 6) is -0.564. The van der Waals surface area contributed by atoms with Crippen LogP contribution in [0.15, 0.2) is 48.1 Å². The van der Waals surface area contributed by atoms with Crippen molar-refractivity contribution in [2.45, 2.75) is 52.2 Å². The van der Waals surface area contributed by atoms with Crippen molar-refractivity contribution in [2.24, 2.45) is 0 Å². The van der Waals surface area contributed by atoms with Gasteiger partial charge in [0.25, 0.3) is 0 Å². The summed E-state index contributed by atoms with van der Waals surface area (Å²) in [4.78, 5) is 12.7. The number of ether oxygens (including phenoxy) is 1. The van der Waals surface area contributed by atoms with Crippen LogP contribution in [0.5, 0.6) is 17.2 Å². The summed E-state index contributed by atoms with van der Waals surface area (Å²) in [6.07, 6.45) is 3.42. The number of carbonyl (C=O) groups is 1. The van der Waals surface area contributed by atoms with E-state index in [1.54, 1.807) is 19.9 Å². The largest absolute Gasteiger partial charge is 0.508 e. The van der Waals surface area contributed by atoms with Crippen LogP contribution in [0.2, 0.25) is 0 Å². The maximum atomic E-state index is 12.7. The molecule has 0 amide bonds. The third-order valence-electron chi connectivity index (χ3n) is 5.28. The molecule has 2 aromatic rings. The van der Waals surface area contributed by atoms with E-state index in [4.69, 9.17) is 4.74 Å². The molecule has 0 aliphatic carbocycles. The van der Waals surface area contributed by atoms with Gasteiger partial charge in [0.1, 0.15) is 29.1 Å². The van der Waals surface area contributed by atoms with E-state index in [1.165, 1.54) is 24.3 Å². The first-order chi connectivity index (χ1) is 14.5. The van der Waals surface area contributed by atoms with Crippen LogP contribution in [0.25, 0.3) is 5.76 Å². The van der Waals surface area contributed by atoms with E-state index in [1.807, 2.05) is 19.9 Å². The predicted octanol–water partition coefficient (Wildman–Crippen LogP) is 4.46. The molecule has 3 rings (SSSR count). The van der Waals surface area contributed by atoms with Crippen molar-refractivity contribution in [2.75, 3.05) is 0 Å². The minimum atomic E-state index is -1.07. The van der Waals surface area contributed by atoms with Gasteiger partial charge in [-0.3, -0.25) is 4.79 Å². The van der Waals surface area contributed by atoms with E-state index in [9.17, 15) is 25.2 Å². The minimum Gasteiger partial charge on any atom is -0.508 e. The molecule has 0 aromatic heterocycles. The number of carbonyl (C=O) groups excluding carboxylic acids is 1. The average molecular weight is 424 g/mol. The maximum absolute atomic E-state index is 12.7. The molecule has 2 aromatic carbocycles. The van der Waals surface area contributed by atoms with E-state index in [2.05, 4.69) is 0 Å². The van der Waals surface area contributed by atoms with Crippen molar-refractivity contribution in [3.63, 3.8) is 0 Å². The summed E-state index contributed by atoms with van der Waals surface area (Å²) in [5.41, 5.74) is 1.78. The molecule has 31 heavy (non-hydrogen) atoms. The summed E-state index contributed by atoms with van der Waals surface area (Å²) >= 11 is 0. The topological polar surface area (TPSA) is 107 Å². The molecule has 164 valence electrons. The molecule has 1 aliphatic rings. The van der Waals surface area contributed by atoms with Gasteiger partial charge in [-0.2, -0.15) is 0 Å². The molecular weight excluding hydrogens is 396 g/mol. The average Bonchev–Trinajstić information content (AvgIpc) is 3.09. The second-order valence-corrected chi connectivity index (χ2v) is 8.66. The summed E-state index contributed by atoms with van der Waals surface area (Å²) < 4.78 is 5.69. The summed E-state index contributed by atoms with van der Waals surface area (Å²) in [6.45, 7) is 7.18. The Balaban J connectivity index is 1.86. The van der Waals surface area contributed by atoms with E-state index in [0.717, 1.165) is 11.6 Å². The zero-order valence-corrected chi connectivity index (χ0v) is 18.1. The number of allylic oxidation sites excluding steroid dienone is 3. The summed E-state index contributed by atoms with van der Waals surface area (Å²) in [7, 11) is 0. The lowest BCUT2D eigenvalue weighted by Crippen LogP contribution is -2.39. The second kappa shape index (κ2) is 8.47. The van der Waals surface area contributed by atoms with Crippen LogP contribution in [-0.4, -0.2) is 37.9 Å². The molecule has 0 saturated carbocycles. The van der Waals surface area contributed by atoms with Crippen molar-refractivity contribution in [1.29, 1.82) is 0 Å².